The van der Waals surface area contributed by atoms with Gasteiger partial charge in [-0.15, -0.1) is 11.8 Å². The van der Waals surface area contributed by atoms with Gasteiger partial charge in [0.25, 0.3) is 0 Å². The lowest BCUT2D eigenvalue weighted by Crippen LogP contribution is -2.33. The summed E-state index contributed by atoms with van der Waals surface area (Å²) in [7, 11) is 2.18. The van der Waals surface area contributed by atoms with E-state index in [0.29, 0.717) is 5.75 Å². The number of hydrogen-bond acceptors (Lipinski definition) is 3. The minimum absolute atomic E-state index is 0.145. The van der Waals surface area contributed by atoms with Crippen molar-refractivity contribution in [2.24, 2.45) is 5.92 Å². The Kier molecular flexibility index (Phi) is 7.56. The van der Waals surface area contributed by atoms with Crippen molar-refractivity contribution in [1.82, 2.24) is 10.2 Å². The second kappa shape index (κ2) is 9.43. The van der Waals surface area contributed by atoms with Crippen LogP contribution in [0.15, 0.2) is 24.3 Å². The van der Waals surface area contributed by atoms with Gasteiger partial charge < -0.3 is 10.2 Å². The Morgan fingerprint density at radius 2 is 2.00 bits per heavy atom. The summed E-state index contributed by atoms with van der Waals surface area (Å²) < 4.78 is 0. The number of carbonyl (C=O) groups is 1. The molecule has 0 unspecified atom stereocenters. The third kappa shape index (κ3) is 6.59. The van der Waals surface area contributed by atoms with Crippen molar-refractivity contribution in [2.45, 2.75) is 25.0 Å². The third-order valence-corrected chi connectivity index (χ3v) is 5.38. The maximum absolute atomic E-state index is 11.8. The number of rotatable bonds is 7. The highest BCUT2D eigenvalue weighted by Crippen LogP contribution is 2.19. The van der Waals surface area contributed by atoms with Crippen LogP contribution in [0.2, 0.25) is 5.02 Å². The van der Waals surface area contributed by atoms with Gasteiger partial charge in [-0.2, -0.15) is 0 Å². The first-order chi connectivity index (χ1) is 10.6. The molecule has 0 bridgehead atoms. The van der Waals surface area contributed by atoms with Crippen molar-refractivity contribution in [3.8, 4) is 0 Å². The van der Waals surface area contributed by atoms with E-state index < -0.39 is 0 Å². The van der Waals surface area contributed by atoms with Gasteiger partial charge in [-0.1, -0.05) is 23.7 Å². The SMILES string of the molecule is CN1CCC(CCNC(=O)CSCc2ccc(Cl)cc2)CC1. The van der Waals surface area contributed by atoms with Crippen molar-refractivity contribution in [2.75, 3.05) is 32.4 Å². The van der Waals surface area contributed by atoms with Crippen LogP contribution in [0, 0.1) is 5.92 Å². The zero-order chi connectivity index (χ0) is 15.8. The molecule has 1 heterocycles. The van der Waals surface area contributed by atoms with E-state index in [2.05, 4.69) is 17.3 Å². The molecule has 1 fully saturated rings. The molecule has 1 aliphatic rings. The lowest BCUT2D eigenvalue weighted by atomic mass is 9.94. The predicted octanol–water partition coefficient (Wildman–Crippen LogP) is 3.42. The molecule has 2 rings (SSSR count). The number of likely N-dealkylation sites (tertiary alicyclic amines) is 1. The van der Waals surface area contributed by atoms with E-state index in [0.717, 1.165) is 29.7 Å². The predicted molar refractivity (Wildman–Crippen MR) is 95.5 cm³/mol. The Hall–Kier alpha value is -0.710. The maximum atomic E-state index is 11.8. The van der Waals surface area contributed by atoms with Gasteiger partial charge in [0.15, 0.2) is 0 Å². The van der Waals surface area contributed by atoms with Gasteiger partial charge in [0.05, 0.1) is 5.75 Å². The van der Waals surface area contributed by atoms with Gasteiger partial charge in [0.2, 0.25) is 5.91 Å². The van der Waals surface area contributed by atoms with Crippen LogP contribution in [0.1, 0.15) is 24.8 Å². The Morgan fingerprint density at radius 3 is 2.68 bits per heavy atom. The Bertz CT molecular complexity index is 458. The van der Waals surface area contributed by atoms with Crippen LogP contribution >= 0.6 is 23.4 Å². The van der Waals surface area contributed by atoms with Crippen LogP contribution in [-0.2, 0) is 10.5 Å². The first kappa shape index (κ1) is 17.6. The van der Waals surface area contributed by atoms with Gasteiger partial charge in [-0.3, -0.25) is 4.79 Å². The molecule has 0 aliphatic carbocycles. The molecule has 1 saturated heterocycles. The van der Waals surface area contributed by atoms with Crippen LogP contribution in [0.25, 0.3) is 0 Å². The zero-order valence-corrected chi connectivity index (χ0v) is 14.8. The molecule has 0 saturated carbocycles. The monoisotopic (exact) mass is 340 g/mol. The molecule has 1 aromatic rings. The molecule has 0 atom stereocenters. The fourth-order valence-electron chi connectivity index (χ4n) is 2.66. The third-order valence-electron chi connectivity index (χ3n) is 4.13. The van der Waals surface area contributed by atoms with Gasteiger partial charge in [0.1, 0.15) is 0 Å². The molecule has 1 aromatic carbocycles. The summed E-state index contributed by atoms with van der Waals surface area (Å²) in [6.07, 6.45) is 3.64. The fraction of sp³-hybridized carbons (Fsp3) is 0.588. The smallest absolute Gasteiger partial charge is 0.230 e. The van der Waals surface area contributed by atoms with Crippen LogP contribution in [0.4, 0.5) is 0 Å². The standard InChI is InChI=1S/C17H25ClN2OS/c1-20-10-7-14(8-11-20)6-9-19-17(21)13-22-12-15-2-4-16(18)5-3-15/h2-5,14H,6-13H2,1H3,(H,19,21). The highest BCUT2D eigenvalue weighted by atomic mass is 35.5. The molecule has 3 nitrogen and oxygen atoms in total. The van der Waals surface area contributed by atoms with Gasteiger partial charge >= 0.3 is 0 Å². The van der Waals surface area contributed by atoms with Crippen molar-refractivity contribution < 1.29 is 4.79 Å². The van der Waals surface area contributed by atoms with E-state index in [1.165, 1.54) is 31.5 Å². The van der Waals surface area contributed by atoms with Crippen LogP contribution in [0.3, 0.4) is 0 Å². The Morgan fingerprint density at radius 1 is 1.32 bits per heavy atom. The molecule has 122 valence electrons. The summed E-state index contributed by atoms with van der Waals surface area (Å²) in [4.78, 5) is 14.2. The van der Waals surface area contributed by atoms with Crippen LogP contribution in [-0.4, -0.2) is 43.2 Å². The van der Waals surface area contributed by atoms with E-state index in [4.69, 9.17) is 11.6 Å². The molecule has 1 amide bonds. The minimum atomic E-state index is 0.145. The quantitative estimate of drug-likeness (QED) is 0.825. The van der Waals surface area contributed by atoms with E-state index in [-0.39, 0.29) is 5.91 Å². The molecule has 1 N–H and O–H groups in total. The number of thioether (sulfide) groups is 1. The lowest BCUT2D eigenvalue weighted by molar-refractivity contribution is -0.118. The van der Waals surface area contributed by atoms with E-state index in [1.807, 2.05) is 24.3 Å². The second-order valence-electron chi connectivity index (χ2n) is 6.00. The number of nitrogens with zero attached hydrogens (tertiary/aromatic N) is 1. The lowest BCUT2D eigenvalue weighted by Gasteiger charge is -2.28. The fourth-order valence-corrected chi connectivity index (χ4v) is 3.60. The summed E-state index contributed by atoms with van der Waals surface area (Å²) in [5.74, 6) is 2.29. The molecule has 22 heavy (non-hydrogen) atoms. The molecule has 5 heteroatoms. The largest absolute Gasteiger partial charge is 0.355 e. The number of benzene rings is 1. The molecular formula is C17H25ClN2OS. The number of amides is 1. The van der Waals surface area contributed by atoms with Gasteiger partial charge in [0, 0.05) is 17.3 Å². The molecule has 1 aliphatic heterocycles. The highest BCUT2D eigenvalue weighted by Gasteiger charge is 2.16. The number of hydrogen-bond donors (Lipinski definition) is 1. The summed E-state index contributed by atoms with van der Waals surface area (Å²) in [6, 6.07) is 7.79. The summed E-state index contributed by atoms with van der Waals surface area (Å²) in [5, 5.41) is 3.79. The minimum Gasteiger partial charge on any atom is -0.355 e. The van der Waals surface area contributed by atoms with Crippen LogP contribution < -0.4 is 5.32 Å². The van der Waals surface area contributed by atoms with Crippen LogP contribution in [0.5, 0.6) is 0 Å². The summed E-state index contributed by atoms with van der Waals surface area (Å²) in [5.41, 5.74) is 1.20. The average Bonchev–Trinajstić information content (AvgIpc) is 2.51. The second-order valence-corrected chi connectivity index (χ2v) is 7.43. The summed E-state index contributed by atoms with van der Waals surface area (Å²) >= 11 is 7.50. The van der Waals surface area contributed by atoms with Crippen molar-refractivity contribution in [3.05, 3.63) is 34.9 Å². The van der Waals surface area contributed by atoms with E-state index in [9.17, 15) is 4.79 Å². The van der Waals surface area contributed by atoms with Crippen molar-refractivity contribution in [1.29, 1.82) is 0 Å². The number of piperidine rings is 1. The number of halogens is 1. The Labute approximate surface area is 142 Å². The maximum Gasteiger partial charge on any atom is 0.230 e. The topological polar surface area (TPSA) is 32.3 Å². The average molecular weight is 341 g/mol. The van der Waals surface area contributed by atoms with Crippen molar-refractivity contribution >= 4 is 29.3 Å². The molecule has 0 aromatic heterocycles. The summed E-state index contributed by atoms with van der Waals surface area (Å²) in [6.45, 7) is 3.19. The molecule has 0 spiro atoms. The first-order valence-electron chi connectivity index (χ1n) is 7.91. The van der Waals surface area contributed by atoms with Crippen molar-refractivity contribution in [3.63, 3.8) is 0 Å². The van der Waals surface area contributed by atoms with Gasteiger partial charge in [-0.25, -0.2) is 0 Å². The first-order valence-corrected chi connectivity index (χ1v) is 9.44. The molecule has 0 radical (unpaired) electrons. The normalized spacial score (nSPS) is 16.6. The Balaban J connectivity index is 1.53. The van der Waals surface area contributed by atoms with Gasteiger partial charge in [-0.05, 0) is 63.0 Å². The highest BCUT2D eigenvalue weighted by molar-refractivity contribution is 7.99. The van der Waals surface area contributed by atoms with E-state index >= 15 is 0 Å². The zero-order valence-electron chi connectivity index (χ0n) is 13.2. The number of carbonyl (C=O) groups excluding carboxylic acids is 1. The number of nitrogens with one attached hydrogen (secondary N) is 1. The van der Waals surface area contributed by atoms with E-state index in [1.54, 1.807) is 11.8 Å². The molecular weight excluding hydrogens is 316 g/mol.